The average molecular weight is 208 g/mol. The lowest BCUT2D eigenvalue weighted by atomic mass is 9.86. The third-order valence-electron chi connectivity index (χ3n) is 3.35. The van der Waals surface area contributed by atoms with Gasteiger partial charge in [0.15, 0.2) is 0 Å². The highest BCUT2D eigenvalue weighted by Crippen LogP contribution is 2.32. The lowest BCUT2D eigenvalue weighted by Gasteiger charge is -2.20. The first kappa shape index (κ1) is 10.6. The molecule has 0 amide bonds. The molecule has 0 bridgehead atoms. The Labute approximate surface area is 90.8 Å². The van der Waals surface area contributed by atoms with Gasteiger partial charge in [-0.1, -0.05) is 24.5 Å². The molecule has 0 atom stereocenters. The summed E-state index contributed by atoms with van der Waals surface area (Å²) in [6.45, 7) is 3.51. The maximum Gasteiger partial charge on any atom is 0.0903 e. The average Bonchev–Trinajstić information content (AvgIpc) is 2.72. The Kier molecular flexibility index (Phi) is 3.36. The molecule has 1 fully saturated rings. The van der Waals surface area contributed by atoms with Gasteiger partial charge in [-0.3, -0.25) is 0 Å². The van der Waals surface area contributed by atoms with E-state index in [2.05, 4.69) is 17.2 Å². The highest BCUT2D eigenvalue weighted by Gasteiger charge is 2.22. The number of hydrogen-bond acceptors (Lipinski definition) is 3. The molecule has 0 unspecified atom stereocenters. The number of nitrogens with two attached hydrogens (primary N) is 1. The zero-order chi connectivity index (χ0) is 10.7. The van der Waals surface area contributed by atoms with Crippen LogP contribution in [-0.2, 0) is 13.1 Å². The lowest BCUT2D eigenvalue weighted by Crippen LogP contribution is -2.12. The highest BCUT2D eigenvalue weighted by molar-refractivity contribution is 5.15. The SMILES string of the molecule is CCn1nnc(C2CCCCC2)c1CN. The molecule has 0 radical (unpaired) electrons. The van der Waals surface area contributed by atoms with Gasteiger partial charge >= 0.3 is 0 Å². The fourth-order valence-electron chi connectivity index (χ4n) is 2.50. The summed E-state index contributed by atoms with van der Waals surface area (Å²) in [5.74, 6) is 0.609. The van der Waals surface area contributed by atoms with E-state index in [1.54, 1.807) is 0 Å². The molecule has 4 heteroatoms. The first-order chi connectivity index (χ1) is 7.36. The predicted molar refractivity (Wildman–Crippen MR) is 59.4 cm³/mol. The molecule has 2 N–H and O–H groups in total. The number of rotatable bonds is 3. The van der Waals surface area contributed by atoms with Crippen LogP contribution in [0.4, 0.5) is 0 Å². The minimum Gasteiger partial charge on any atom is -0.325 e. The van der Waals surface area contributed by atoms with Gasteiger partial charge in [0, 0.05) is 19.0 Å². The van der Waals surface area contributed by atoms with Gasteiger partial charge in [0.05, 0.1) is 11.4 Å². The third kappa shape index (κ3) is 2.04. The van der Waals surface area contributed by atoms with E-state index in [1.807, 2.05) is 4.68 Å². The summed E-state index contributed by atoms with van der Waals surface area (Å²) in [6.07, 6.45) is 6.54. The van der Waals surface area contributed by atoms with Crippen molar-refractivity contribution in [2.24, 2.45) is 5.73 Å². The zero-order valence-electron chi connectivity index (χ0n) is 9.45. The van der Waals surface area contributed by atoms with Gasteiger partial charge in [-0.05, 0) is 19.8 Å². The van der Waals surface area contributed by atoms with E-state index in [0.29, 0.717) is 12.5 Å². The molecule has 0 spiro atoms. The Morgan fingerprint density at radius 1 is 1.33 bits per heavy atom. The van der Waals surface area contributed by atoms with Gasteiger partial charge in [-0.25, -0.2) is 4.68 Å². The van der Waals surface area contributed by atoms with E-state index < -0.39 is 0 Å². The Morgan fingerprint density at radius 3 is 2.67 bits per heavy atom. The van der Waals surface area contributed by atoms with Crippen LogP contribution >= 0.6 is 0 Å². The van der Waals surface area contributed by atoms with Crippen molar-refractivity contribution in [2.75, 3.05) is 0 Å². The molecule has 1 aromatic rings. The molecule has 0 aliphatic heterocycles. The second-order valence-electron chi connectivity index (χ2n) is 4.28. The highest BCUT2D eigenvalue weighted by atomic mass is 15.4. The molecule has 2 rings (SSSR count). The van der Waals surface area contributed by atoms with Crippen molar-refractivity contribution >= 4 is 0 Å². The van der Waals surface area contributed by atoms with E-state index in [-0.39, 0.29) is 0 Å². The van der Waals surface area contributed by atoms with Crippen LogP contribution in [0.3, 0.4) is 0 Å². The van der Waals surface area contributed by atoms with Crippen molar-refractivity contribution in [1.29, 1.82) is 0 Å². The number of aryl methyl sites for hydroxylation is 1. The van der Waals surface area contributed by atoms with Crippen LogP contribution in [-0.4, -0.2) is 15.0 Å². The third-order valence-corrected chi connectivity index (χ3v) is 3.35. The van der Waals surface area contributed by atoms with Gasteiger partial charge in [0.2, 0.25) is 0 Å². The smallest absolute Gasteiger partial charge is 0.0903 e. The first-order valence-corrected chi connectivity index (χ1v) is 5.99. The van der Waals surface area contributed by atoms with Gasteiger partial charge < -0.3 is 5.73 Å². The fraction of sp³-hybridized carbons (Fsp3) is 0.818. The summed E-state index contributed by atoms with van der Waals surface area (Å²) in [7, 11) is 0. The van der Waals surface area contributed by atoms with Crippen molar-refractivity contribution in [3.8, 4) is 0 Å². The van der Waals surface area contributed by atoms with E-state index in [0.717, 1.165) is 12.2 Å². The van der Waals surface area contributed by atoms with Crippen LogP contribution in [0.25, 0.3) is 0 Å². The van der Waals surface area contributed by atoms with Crippen molar-refractivity contribution in [2.45, 2.75) is 58.0 Å². The molecule has 0 saturated heterocycles. The van der Waals surface area contributed by atoms with Gasteiger partial charge in [0.1, 0.15) is 0 Å². The molecule has 1 aromatic heterocycles. The minimum absolute atomic E-state index is 0.562. The second kappa shape index (κ2) is 4.75. The van der Waals surface area contributed by atoms with E-state index in [1.165, 1.54) is 37.8 Å². The summed E-state index contributed by atoms with van der Waals surface area (Å²) in [5, 5.41) is 8.48. The minimum atomic E-state index is 0.562. The Hall–Kier alpha value is -0.900. The topological polar surface area (TPSA) is 56.7 Å². The maximum absolute atomic E-state index is 5.78. The molecular weight excluding hydrogens is 188 g/mol. The molecule has 1 heterocycles. The molecule has 1 saturated carbocycles. The van der Waals surface area contributed by atoms with Crippen molar-refractivity contribution in [1.82, 2.24) is 15.0 Å². The van der Waals surface area contributed by atoms with Crippen LogP contribution in [0.1, 0.15) is 56.3 Å². The molecule has 1 aliphatic rings. The Bertz CT molecular complexity index is 312. The van der Waals surface area contributed by atoms with Gasteiger partial charge in [-0.15, -0.1) is 5.10 Å². The zero-order valence-corrected chi connectivity index (χ0v) is 9.45. The van der Waals surface area contributed by atoms with E-state index in [4.69, 9.17) is 5.73 Å². The van der Waals surface area contributed by atoms with Crippen molar-refractivity contribution < 1.29 is 0 Å². The van der Waals surface area contributed by atoms with Crippen molar-refractivity contribution in [3.05, 3.63) is 11.4 Å². The van der Waals surface area contributed by atoms with Crippen molar-refractivity contribution in [3.63, 3.8) is 0 Å². The van der Waals surface area contributed by atoms with Crippen LogP contribution < -0.4 is 5.73 Å². The monoisotopic (exact) mass is 208 g/mol. The summed E-state index contributed by atoms with van der Waals surface area (Å²) in [5.41, 5.74) is 8.09. The summed E-state index contributed by atoms with van der Waals surface area (Å²) >= 11 is 0. The normalized spacial score (nSPS) is 18.3. The molecule has 4 nitrogen and oxygen atoms in total. The van der Waals surface area contributed by atoms with Crippen LogP contribution in [0, 0.1) is 0 Å². The maximum atomic E-state index is 5.78. The Morgan fingerprint density at radius 2 is 2.07 bits per heavy atom. The van der Waals surface area contributed by atoms with E-state index in [9.17, 15) is 0 Å². The first-order valence-electron chi connectivity index (χ1n) is 5.99. The molecule has 0 aromatic carbocycles. The summed E-state index contributed by atoms with van der Waals surface area (Å²) < 4.78 is 1.93. The summed E-state index contributed by atoms with van der Waals surface area (Å²) in [4.78, 5) is 0. The Balaban J connectivity index is 2.22. The fourth-order valence-corrected chi connectivity index (χ4v) is 2.50. The molecular formula is C11H20N4. The largest absolute Gasteiger partial charge is 0.325 e. The van der Waals surface area contributed by atoms with Gasteiger partial charge in [0.25, 0.3) is 0 Å². The number of hydrogen-bond donors (Lipinski definition) is 1. The van der Waals surface area contributed by atoms with Crippen LogP contribution in [0.15, 0.2) is 0 Å². The predicted octanol–water partition coefficient (Wildman–Crippen LogP) is 1.80. The van der Waals surface area contributed by atoms with E-state index >= 15 is 0 Å². The van der Waals surface area contributed by atoms with Gasteiger partial charge in [-0.2, -0.15) is 0 Å². The standard InChI is InChI=1S/C11H20N4/c1-2-15-10(8-12)11(13-14-15)9-6-4-3-5-7-9/h9H,2-8,12H2,1H3. The molecule has 15 heavy (non-hydrogen) atoms. The number of aromatic nitrogens is 3. The quantitative estimate of drug-likeness (QED) is 0.824. The van der Waals surface area contributed by atoms with Crippen LogP contribution in [0.5, 0.6) is 0 Å². The number of nitrogens with zero attached hydrogens (tertiary/aromatic N) is 3. The molecule has 84 valence electrons. The lowest BCUT2D eigenvalue weighted by molar-refractivity contribution is 0.434. The second-order valence-corrected chi connectivity index (χ2v) is 4.28. The van der Waals surface area contributed by atoms with Crippen LogP contribution in [0.2, 0.25) is 0 Å². The molecule has 1 aliphatic carbocycles. The summed E-state index contributed by atoms with van der Waals surface area (Å²) in [6, 6.07) is 0.